The SMILES string of the molecule is Cc1cc(C)c(C(CN)N2CCNC(=O)C2)c(C)c1. The van der Waals surface area contributed by atoms with E-state index in [-0.39, 0.29) is 11.9 Å². The van der Waals surface area contributed by atoms with Crippen molar-refractivity contribution in [2.45, 2.75) is 26.8 Å². The van der Waals surface area contributed by atoms with E-state index in [4.69, 9.17) is 5.73 Å². The first-order chi connectivity index (χ1) is 9.02. The number of nitrogens with one attached hydrogen (secondary N) is 1. The van der Waals surface area contributed by atoms with Crippen molar-refractivity contribution in [1.82, 2.24) is 10.2 Å². The van der Waals surface area contributed by atoms with Crippen molar-refractivity contribution in [3.63, 3.8) is 0 Å². The van der Waals surface area contributed by atoms with Crippen LogP contribution in [0.4, 0.5) is 0 Å². The molecule has 0 saturated carbocycles. The number of nitrogens with zero attached hydrogens (tertiary/aromatic N) is 1. The number of carbonyl (C=O) groups excluding carboxylic acids is 1. The topological polar surface area (TPSA) is 58.4 Å². The summed E-state index contributed by atoms with van der Waals surface area (Å²) in [6.07, 6.45) is 0. The zero-order valence-corrected chi connectivity index (χ0v) is 12.0. The first-order valence-corrected chi connectivity index (χ1v) is 6.81. The largest absolute Gasteiger partial charge is 0.354 e. The third kappa shape index (κ3) is 2.96. The number of carbonyl (C=O) groups is 1. The molecule has 1 aromatic carbocycles. The van der Waals surface area contributed by atoms with E-state index < -0.39 is 0 Å². The smallest absolute Gasteiger partial charge is 0.234 e. The monoisotopic (exact) mass is 261 g/mol. The summed E-state index contributed by atoms with van der Waals surface area (Å²) in [4.78, 5) is 13.7. The molecule has 4 nitrogen and oxygen atoms in total. The molecule has 1 fully saturated rings. The minimum absolute atomic E-state index is 0.0899. The molecule has 1 aromatic rings. The van der Waals surface area contributed by atoms with E-state index in [0.717, 1.165) is 6.54 Å². The summed E-state index contributed by atoms with van der Waals surface area (Å²) in [6, 6.07) is 4.51. The summed E-state index contributed by atoms with van der Waals surface area (Å²) in [5.74, 6) is 0.0899. The number of amides is 1. The van der Waals surface area contributed by atoms with Crippen LogP contribution >= 0.6 is 0 Å². The van der Waals surface area contributed by atoms with Gasteiger partial charge in [-0.05, 0) is 37.5 Å². The highest BCUT2D eigenvalue weighted by atomic mass is 16.2. The minimum atomic E-state index is 0.0899. The van der Waals surface area contributed by atoms with Crippen LogP contribution in [0.3, 0.4) is 0 Å². The van der Waals surface area contributed by atoms with Crippen molar-refractivity contribution in [3.8, 4) is 0 Å². The molecule has 3 N–H and O–H groups in total. The van der Waals surface area contributed by atoms with Gasteiger partial charge in [0.1, 0.15) is 0 Å². The van der Waals surface area contributed by atoms with E-state index in [1.54, 1.807) is 0 Å². The van der Waals surface area contributed by atoms with Gasteiger partial charge in [-0.1, -0.05) is 17.7 Å². The summed E-state index contributed by atoms with van der Waals surface area (Å²) in [7, 11) is 0. The number of hydrogen-bond donors (Lipinski definition) is 2. The Labute approximate surface area is 115 Å². The lowest BCUT2D eigenvalue weighted by Crippen LogP contribution is -2.50. The van der Waals surface area contributed by atoms with E-state index in [1.165, 1.54) is 22.3 Å². The van der Waals surface area contributed by atoms with Crippen LogP contribution < -0.4 is 11.1 Å². The molecule has 0 aromatic heterocycles. The molecule has 0 radical (unpaired) electrons. The summed E-state index contributed by atoms with van der Waals surface area (Å²) < 4.78 is 0. The number of benzene rings is 1. The highest BCUT2D eigenvalue weighted by Crippen LogP contribution is 2.27. The number of hydrogen-bond acceptors (Lipinski definition) is 3. The molecule has 1 atom stereocenters. The van der Waals surface area contributed by atoms with E-state index in [0.29, 0.717) is 19.6 Å². The van der Waals surface area contributed by atoms with Gasteiger partial charge in [-0.3, -0.25) is 9.69 Å². The van der Waals surface area contributed by atoms with E-state index in [9.17, 15) is 4.79 Å². The van der Waals surface area contributed by atoms with Crippen LogP contribution in [-0.4, -0.2) is 37.0 Å². The van der Waals surface area contributed by atoms with Gasteiger partial charge in [-0.15, -0.1) is 0 Å². The van der Waals surface area contributed by atoms with Crippen molar-refractivity contribution in [3.05, 3.63) is 34.4 Å². The van der Waals surface area contributed by atoms with Gasteiger partial charge in [0.2, 0.25) is 5.91 Å². The predicted molar refractivity (Wildman–Crippen MR) is 77.0 cm³/mol. The molecule has 2 rings (SSSR count). The van der Waals surface area contributed by atoms with Gasteiger partial charge in [0, 0.05) is 25.7 Å². The Kier molecular flexibility index (Phi) is 4.22. The third-order valence-corrected chi connectivity index (χ3v) is 3.80. The maximum Gasteiger partial charge on any atom is 0.234 e. The molecule has 4 heteroatoms. The van der Waals surface area contributed by atoms with Crippen molar-refractivity contribution in [2.24, 2.45) is 5.73 Å². The average molecular weight is 261 g/mol. The molecule has 1 amide bonds. The average Bonchev–Trinajstić information content (AvgIpc) is 2.33. The Bertz CT molecular complexity index is 461. The zero-order chi connectivity index (χ0) is 14.0. The third-order valence-electron chi connectivity index (χ3n) is 3.80. The maximum atomic E-state index is 11.6. The van der Waals surface area contributed by atoms with Crippen molar-refractivity contribution >= 4 is 5.91 Å². The fourth-order valence-electron chi connectivity index (χ4n) is 3.09. The maximum absolute atomic E-state index is 11.6. The Morgan fingerprint density at radius 1 is 1.32 bits per heavy atom. The first kappa shape index (κ1) is 14.0. The Morgan fingerprint density at radius 2 is 1.95 bits per heavy atom. The quantitative estimate of drug-likeness (QED) is 0.855. The lowest BCUT2D eigenvalue weighted by Gasteiger charge is -2.35. The van der Waals surface area contributed by atoms with E-state index in [1.807, 2.05) is 0 Å². The lowest BCUT2D eigenvalue weighted by molar-refractivity contribution is -0.124. The van der Waals surface area contributed by atoms with Gasteiger partial charge < -0.3 is 11.1 Å². The summed E-state index contributed by atoms with van der Waals surface area (Å²) in [6.45, 7) is 8.91. The Hall–Kier alpha value is -1.39. The standard InChI is InChI=1S/C15H23N3O/c1-10-6-11(2)15(12(3)7-10)13(8-16)18-5-4-17-14(19)9-18/h6-7,13H,4-5,8-9,16H2,1-3H3,(H,17,19). The fourth-order valence-corrected chi connectivity index (χ4v) is 3.09. The van der Waals surface area contributed by atoms with Crippen molar-refractivity contribution in [2.75, 3.05) is 26.2 Å². The van der Waals surface area contributed by atoms with Gasteiger partial charge in [0.05, 0.1) is 6.54 Å². The second-order valence-electron chi connectivity index (χ2n) is 5.38. The van der Waals surface area contributed by atoms with Gasteiger partial charge >= 0.3 is 0 Å². The molecule has 1 aliphatic rings. The zero-order valence-electron chi connectivity index (χ0n) is 12.0. The van der Waals surface area contributed by atoms with E-state index >= 15 is 0 Å². The normalized spacial score (nSPS) is 18.2. The van der Waals surface area contributed by atoms with Crippen LogP contribution in [0.1, 0.15) is 28.3 Å². The molecule has 1 heterocycles. The van der Waals surface area contributed by atoms with Crippen LogP contribution in [-0.2, 0) is 4.79 Å². The summed E-state index contributed by atoms with van der Waals surface area (Å²) in [5, 5.41) is 2.86. The fraction of sp³-hybridized carbons (Fsp3) is 0.533. The molecule has 1 unspecified atom stereocenters. The van der Waals surface area contributed by atoms with Gasteiger partial charge in [0.15, 0.2) is 0 Å². The van der Waals surface area contributed by atoms with Crippen LogP contribution in [0, 0.1) is 20.8 Å². The van der Waals surface area contributed by atoms with Gasteiger partial charge in [-0.2, -0.15) is 0 Å². The van der Waals surface area contributed by atoms with Crippen LogP contribution in [0.5, 0.6) is 0 Å². The first-order valence-electron chi connectivity index (χ1n) is 6.81. The molecule has 19 heavy (non-hydrogen) atoms. The molecule has 104 valence electrons. The Balaban J connectivity index is 2.34. The number of aryl methyl sites for hydroxylation is 3. The highest BCUT2D eigenvalue weighted by molar-refractivity contribution is 5.78. The molecule has 1 saturated heterocycles. The van der Waals surface area contributed by atoms with E-state index in [2.05, 4.69) is 43.1 Å². The second kappa shape index (κ2) is 5.72. The van der Waals surface area contributed by atoms with Crippen LogP contribution in [0.2, 0.25) is 0 Å². The number of rotatable bonds is 3. The van der Waals surface area contributed by atoms with Crippen LogP contribution in [0.25, 0.3) is 0 Å². The summed E-state index contributed by atoms with van der Waals surface area (Å²) in [5.41, 5.74) is 11.1. The highest BCUT2D eigenvalue weighted by Gasteiger charge is 2.26. The van der Waals surface area contributed by atoms with Gasteiger partial charge in [-0.25, -0.2) is 0 Å². The molecule has 1 aliphatic heterocycles. The molecule has 0 bridgehead atoms. The Morgan fingerprint density at radius 3 is 2.47 bits per heavy atom. The van der Waals surface area contributed by atoms with Gasteiger partial charge in [0.25, 0.3) is 0 Å². The lowest BCUT2D eigenvalue weighted by atomic mass is 9.92. The number of piperazine rings is 1. The number of nitrogens with two attached hydrogens (primary N) is 1. The minimum Gasteiger partial charge on any atom is -0.354 e. The van der Waals surface area contributed by atoms with Crippen LogP contribution in [0.15, 0.2) is 12.1 Å². The predicted octanol–water partition coefficient (Wildman–Crippen LogP) is 1.04. The second-order valence-corrected chi connectivity index (χ2v) is 5.38. The molecule has 0 spiro atoms. The molecular formula is C15H23N3O. The summed E-state index contributed by atoms with van der Waals surface area (Å²) >= 11 is 0. The van der Waals surface area contributed by atoms with Crippen molar-refractivity contribution in [1.29, 1.82) is 0 Å². The van der Waals surface area contributed by atoms with Crippen molar-refractivity contribution < 1.29 is 4.79 Å². The molecular weight excluding hydrogens is 238 g/mol. The molecule has 0 aliphatic carbocycles.